The van der Waals surface area contributed by atoms with Gasteiger partial charge in [0.1, 0.15) is 5.56 Å². The molecule has 1 aromatic carbocycles. The summed E-state index contributed by atoms with van der Waals surface area (Å²) in [5.74, 6) is -7.18. The molecule has 0 atom stereocenters. The minimum atomic E-state index is -5.40. The normalized spacial score (nSPS) is 14.3. The fourth-order valence-electron chi connectivity index (χ4n) is 2.57. The third-order valence-corrected chi connectivity index (χ3v) is 3.74. The zero-order valence-electron chi connectivity index (χ0n) is 12.9. The van der Waals surface area contributed by atoms with E-state index in [2.05, 4.69) is 9.39 Å². The summed E-state index contributed by atoms with van der Waals surface area (Å²) in [4.78, 5) is 24.0. The number of benzene rings is 1. The van der Waals surface area contributed by atoms with Gasteiger partial charge in [0.05, 0.1) is 10.9 Å². The minimum Gasteiger partial charge on any atom is -0.474 e. The molecule has 3 rings (SSSR count). The van der Waals surface area contributed by atoms with Crippen LogP contribution in [0.2, 0.25) is 0 Å². The Bertz CT molecular complexity index is 984. The molecule has 0 amide bonds. The molecule has 1 fully saturated rings. The number of ether oxygens (including phenoxy) is 1. The van der Waals surface area contributed by atoms with Crippen LogP contribution in [-0.2, 0) is 4.65 Å². The number of hydrogen-bond acceptors (Lipinski definition) is 4. The number of carbonyl (C=O) groups excluding carboxylic acids is 1. The maximum atomic E-state index is 14.0. The van der Waals surface area contributed by atoms with Gasteiger partial charge < -0.3 is 14.0 Å². The third kappa shape index (κ3) is 3.71. The number of halogens is 7. The molecule has 5 nitrogen and oxygen atoms in total. The summed E-state index contributed by atoms with van der Waals surface area (Å²) in [5, 5.41) is -0.844. The van der Waals surface area contributed by atoms with E-state index in [1.165, 1.54) is 0 Å². The molecule has 0 saturated heterocycles. The lowest BCUT2D eigenvalue weighted by Gasteiger charge is -2.18. The van der Waals surface area contributed by atoms with Crippen molar-refractivity contribution in [3.8, 4) is 5.75 Å². The van der Waals surface area contributed by atoms with Crippen molar-refractivity contribution in [3.05, 3.63) is 39.7 Å². The Hall–Kier alpha value is -2.73. The summed E-state index contributed by atoms with van der Waals surface area (Å²) in [6.45, 7) is 0. The summed E-state index contributed by atoms with van der Waals surface area (Å²) in [6, 6.07) is -0.291. The highest BCUT2D eigenvalue weighted by molar-refractivity contribution is 6.38. The van der Waals surface area contributed by atoms with Gasteiger partial charge in [0.15, 0.2) is 11.6 Å². The van der Waals surface area contributed by atoms with E-state index in [1.54, 1.807) is 0 Å². The second-order valence-corrected chi connectivity index (χ2v) is 5.62. The van der Waals surface area contributed by atoms with Crippen LogP contribution < -0.4 is 10.2 Å². The molecule has 0 radical (unpaired) electrons. The van der Waals surface area contributed by atoms with E-state index in [4.69, 9.17) is 0 Å². The van der Waals surface area contributed by atoms with Crippen LogP contribution in [0.1, 0.15) is 29.2 Å². The summed E-state index contributed by atoms with van der Waals surface area (Å²) in [6.07, 6.45) is -3.97. The quantitative estimate of drug-likeness (QED) is 0.585. The zero-order valence-corrected chi connectivity index (χ0v) is 12.9. The van der Waals surface area contributed by atoms with E-state index >= 15 is 0 Å². The monoisotopic (exact) mass is 397 g/mol. The predicted molar refractivity (Wildman–Crippen MR) is 76.5 cm³/mol. The average Bonchev–Trinajstić information content (AvgIpc) is 3.35. The molecule has 13 heteroatoms. The van der Waals surface area contributed by atoms with Crippen molar-refractivity contribution < 1.29 is 44.8 Å². The summed E-state index contributed by atoms with van der Waals surface area (Å²) >= 11 is 0. The third-order valence-electron chi connectivity index (χ3n) is 3.74. The highest BCUT2D eigenvalue weighted by atomic mass is 19.4. The van der Waals surface area contributed by atoms with Crippen LogP contribution in [0.5, 0.6) is 5.75 Å². The smallest absolute Gasteiger partial charge is 0.474 e. The maximum Gasteiger partial charge on any atom is 0.798 e. The maximum absolute atomic E-state index is 14.0. The lowest BCUT2D eigenvalue weighted by Crippen LogP contribution is -2.25. The van der Waals surface area contributed by atoms with Gasteiger partial charge in [-0.1, -0.05) is 0 Å². The van der Waals surface area contributed by atoms with Gasteiger partial charge in [-0.05, 0) is 18.9 Å². The van der Waals surface area contributed by atoms with Crippen molar-refractivity contribution in [3.63, 3.8) is 0 Å². The Morgan fingerprint density at radius 1 is 1.22 bits per heavy atom. The minimum absolute atomic E-state index is 0.272. The molecular formula is C14H7BF7NO4. The van der Waals surface area contributed by atoms with Gasteiger partial charge in [0.25, 0.3) is 0 Å². The number of carbonyl (C=O) groups is 1. The van der Waals surface area contributed by atoms with Crippen LogP contribution in [0.3, 0.4) is 0 Å². The molecule has 1 saturated carbocycles. The van der Waals surface area contributed by atoms with E-state index in [1.807, 2.05) is 0 Å². The number of pyridine rings is 1. The highest BCUT2D eigenvalue weighted by Crippen LogP contribution is 2.41. The van der Waals surface area contributed by atoms with Crippen LogP contribution in [0.25, 0.3) is 10.9 Å². The predicted octanol–water partition coefficient (Wildman–Crippen LogP) is 3.59. The van der Waals surface area contributed by atoms with Gasteiger partial charge in [-0.15, -0.1) is 13.2 Å². The second-order valence-electron chi connectivity index (χ2n) is 5.62. The number of nitrogens with zero attached hydrogens (tertiary/aromatic N) is 1. The molecule has 1 aliphatic carbocycles. The highest BCUT2D eigenvalue weighted by Gasteiger charge is 2.37. The van der Waals surface area contributed by atoms with Crippen molar-refractivity contribution >= 4 is 24.3 Å². The van der Waals surface area contributed by atoms with E-state index in [0.717, 1.165) is 4.57 Å². The topological polar surface area (TPSA) is 57.5 Å². The van der Waals surface area contributed by atoms with Gasteiger partial charge >= 0.3 is 19.8 Å². The van der Waals surface area contributed by atoms with Crippen LogP contribution >= 0.6 is 0 Å². The first-order valence-corrected chi connectivity index (χ1v) is 7.31. The first-order chi connectivity index (χ1) is 12.5. The lowest BCUT2D eigenvalue weighted by atomic mass is 10.1. The number of alkyl halides is 3. The van der Waals surface area contributed by atoms with Crippen molar-refractivity contribution in [2.45, 2.75) is 25.2 Å². The summed E-state index contributed by atoms with van der Waals surface area (Å²) in [5.41, 5.74) is -3.11. The largest absolute Gasteiger partial charge is 0.798 e. The van der Waals surface area contributed by atoms with Crippen molar-refractivity contribution in [2.24, 2.45) is 0 Å². The molecule has 0 bridgehead atoms. The van der Waals surface area contributed by atoms with E-state index in [0.29, 0.717) is 19.0 Å². The number of rotatable bonds is 4. The number of hydrogen-bond donors (Lipinski definition) is 0. The lowest BCUT2D eigenvalue weighted by molar-refractivity contribution is -0.275. The van der Waals surface area contributed by atoms with Crippen molar-refractivity contribution in [2.75, 3.05) is 0 Å². The van der Waals surface area contributed by atoms with E-state index in [9.17, 15) is 40.2 Å². The fourth-order valence-corrected chi connectivity index (χ4v) is 2.57. The van der Waals surface area contributed by atoms with E-state index in [-0.39, 0.29) is 6.07 Å². The van der Waals surface area contributed by atoms with Crippen LogP contribution in [0.4, 0.5) is 30.6 Å². The van der Waals surface area contributed by atoms with Crippen LogP contribution in [0, 0.1) is 11.6 Å². The Labute approximate surface area is 145 Å². The van der Waals surface area contributed by atoms with Crippen molar-refractivity contribution in [1.29, 1.82) is 0 Å². The SMILES string of the molecule is O=C(OB(F)F)c1cn(C2CC2)c2c(OC(F)(F)F)c(F)c(F)cc2c1=O. The molecule has 0 N–H and O–H groups in total. The molecule has 1 aromatic heterocycles. The van der Waals surface area contributed by atoms with E-state index < -0.39 is 65.1 Å². The molecule has 0 aliphatic heterocycles. The first-order valence-electron chi connectivity index (χ1n) is 7.31. The summed E-state index contributed by atoms with van der Waals surface area (Å²) in [7, 11) is -3.56. The van der Waals surface area contributed by atoms with Gasteiger partial charge in [-0.3, -0.25) is 4.79 Å². The molecule has 2 aromatic rings. The van der Waals surface area contributed by atoms with Gasteiger partial charge in [0, 0.05) is 12.2 Å². The van der Waals surface area contributed by atoms with Crippen LogP contribution in [0.15, 0.2) is 17.1 Å². The Balaban J connectivity index is 2.35. The zero-order chi connectivity index (χ0) is 20.1. The van der Waals surface area contributed by atoms with Gasteiger partial charge in [-0.2, -0.15) is 4.39 Å². The molecule has 144 valence electrons. The summed E-state index contributed by atoms with van der Waals surface area (Å²) < 4.78 is 98.2. The Kier molecular flexibility index (Phi) is 4.56. The first kappa shape index (κ1) is 19.0. The molecule has 1 aliphatic rings. The van der Waals surface area contributed by atoms with Gasteiger partial charge in [0.2, 0.25) is 11.2 Å². The van der Waals surface area contributed by atoms with Crippen molar-refractivity contribution in [1.82, 2.24) is 4.57 Å². The second kappa shape index (κ2) is 6.46. The fraction of sp³-hybridized carbons (Fsp3) is 0.286. The Morgan fingerprint density at radius 2 is 1.85 bits per heavy atom. The average molecular weight is 397 g/mol. The molecule has 1 heterocycles. The van der Waals surface area contributed by atoms with Gasteiger partial charge in [-0.25, -0.2) is 17.8 Å². The number of fused-ring (bicyclic) bond motifs is 1. The molecule has 0 spiro atoms. The standard InChI is InChI=1S/C14H7BF7NO4/c16-8-3-6-10(12(9(8)17)26-14(18,19)20)23(5-1-2-5)4-7(11(6)24)13(25)27-15(21)22/h3-5H,1-2H2. The molecular weight excluding hydrogens is 390 g/mol. The Morgan fingerprint density at radius 3 is 2.37 bits per heavy atom. The molecule has 0 unspecified atom stereocenters. The van der Waals surface area contributed by atoms with Crippen LogP contribution in [-0.4, -0.2) is 24.4 Å². The number of aromatic nitrogens is 1. The molecule has 27 heavy (non-hydrogen) atoms.